The van der Waals surface area contributed by atoms with Gasteiger partial charge in [0.25, 0.3) is 0 Å². The van der Waals surface area contributed by atoms with E-state index in [1.807, 2.05) is 13.8 Å². The molecule has 2 N–H and O–H groups in total. The van der Waals surface area contributed by atoms with Gasteiger partial charge in [-0.2, -0.15) is 18.3 Å². The van der Waals surface area contributed by atoms with Crippen molar-refractivity contribution in [3.63, 3.8) is 0 Å². The highest BCUT2D eigenvalue weighted by Gasteiger charge is 2.32. The van der Waals surface area contributed by atoms with Crippen molar-refractivity contribution in [3.8, 4) is 11.1 Å². The second-order valence-electron chi connectivity index (χ2n) is 5.93. The van der Waals surface area contributed by atoms with Crippen LogP contribution in [0, 0.1) is 0 Å². The molecule has 1 aromatic carbocycles. The van der Waals surface area contributed by atoms with Gasteiger partial charge in [-0.05, 0) is 37.6 Å². The average molecular weight is 348 g/mol. The first-order valence-electron chi connectivity index (χ1n) is 7.53. The number of halogens is 3. The zero-order valence-electron chi connectivity index (χ0n) is 13.5. The number of primary amides is 1. The SMILES string of the molecule is CC(C)n1ncc2c(C(N)=O)cc(-c3ccc(C(F)(F)F)nc3)cc21. The molecule has 5 nitrogen and oxygen atoms in total. The first-order chi connectivity index (χ1) is 11.7. The van der Waals surface area contributed by atoms with Crippen molar-refractivity contribution >= 4 is 16.8 Å². The van der Waals surface area contributed by atoms with Crippen LogP contribution in [-0.4, -0.2) is 20.7 Å². The summed E-state index contributed by atoms with van der Waals surface area (Å²) in [5, 5.41) is 4.87. The van der Waals surface area contributed by atoms with Gasteiger partial charge in [0, 0.05) is 23.2 Å². The lowest BCUT2D eigenvalue weighted by atomic mass is 10.0. The molecule has 2 aromatic heterocycles. The van der Waals surface area contributed by atoms with E-state index in [4.69, 9.17) is 5.73 Å². The maximum atomic E-state index is 12.7. The molecule has 25 heavy (non-hydrogen) atoms. The molecule has 0 fully saturated rings. The lowest BCUT2D eigenvalue weighted by Gasteiger charge is -2.11. The molecular formula is C17H15F3N4O. The van der Waals surface area contributed by atoms with Gasteiger partial charge in [0.2, 0.25) is 5.91 Å². The summed E-state index contributed by atoms with van der Waals surface area (Å²) in [7, 11) is 0. The van der Waals surface area contributed by atoms with Gasteiger partial charge in [0.15, 0.2) is 0 Å². The van der Waals surface area contributed by atoms with Gasteiger partial charge in [-0.15, -0.1) is 0 Å². The fraction of sp³-hybridized carbons (Fsp3) is 0.235. The van der Waals surface area contributed by atoms with Crippen LogP contribution >= 0.6 is 0 Å². The Morgan fingerprint density at radius 1 is 1.16 bits per heavy atom. The monoisotopic (exact) mass is 348 g/mol. The van der Waals surface area contributed by atoms with Crippen molar-refractivity contribution in [2.75, 3.05) is 0 Å². The quantitative estimate of drug-likeness (QED) is 0.782. The second kappa shape index (κ2) is 5.87. The second-order valence-corrected chi connectivity index (χ2v) is 5.93. The Balaban J connectivity index is 2.19. The third kappa shape index (κ3) is 3.07. The summed E-state index contributed by atoms with van der Waals surface area (Å²) >= 11 is 0. The number of carbonyl (C=O) groups is 1. The number of alkyl halides is 3. The minimum absolute atomic E-state index is 0.0409. The molecule has 0 aliphatic carbocycles. The number of pyridine rings is 1. The minimum atomic E-state index is -4.50. The number of benzene rings is 1. The Labute approximate surface area is 141 Å². The number of nitrogens with two attached hydrogens (primary N) is 1. The maximum Gasteiger partial charge on any atom is 0.433 e. The van der Waals surface area contributed by atoms with E-state index in [1.54, 1.807) is 23.0 Å². The fourth-order valence-electron chi connectivity index (χ4n) is 2.66. The van der Waals surface area contributed by atoms with Gasteiger partial charge in [-0.3, -0.25) is 14.5 Å². The molecule has 0 atom stereocenters. The average Bonchev–Trinajstić information content (AvgIpc) is 2.97. The fourth-order valence-corrected chi connectivity index (χ4v) is 2.66. The minimum Gasteiger partial charge on any atom is -0.366 e. The zero-order valence-corrected chi connectivity index (χ0v) is 13.5. The molecule has 3 aromatic rings. The van der Waals surface area contributed by atoms with Crippen molar-refractivity contribution in [1.82, 2.24) is 14.8 Å². The molecular weight excluding hydrogens is 333 g/mol. The van der Waals surface area contributed by atoms with Crippen molar-refractivity contribution in [3.05, 3.63) is 47.9 Å². The molecule has 0 unspecified atom stereocenters. The van der Waals surface area contributed by atoms with Crippen LogP contribution in [0.15, 0.2) is 36.7 Å². The smallest absolute Gasteiger partial charge is 0.366 e. The van der Waals surface area contributed by atoms with Gasteiger partial charge in [0.05, 0.1) is 17.3 Å². The zero-order chi connectivity index (χ0) is 18.4. The summed E-state index contributed by atoms with van der Waals surface area (Å²) in [6.45, 7) is 3.87. The summed E-state index contributed by atoms with van der Waals surface area (Å²) < 4.78 is 39.7. The molecule has 2 heterocycles. The molecule has 130 valence electrons. The Morgan fingerprint density at radius 3 is 2.40 bits per heavy atom. The van der Waals surface area contributed by atoms with E-state index in [0.29, 0.717) is 22.0 Å². The van der Waals surface area contributed by atoms with Crippen LogP contribution in [0.2, 0.25) is 0 Å². The molecule has 3 rings (SSSR count). The third-order valence-electron chi connectivity index (χ3n) is 3.86. The molecule has 0 saturated carbocycles. The first-order valence-corrected chi connectivity index (χ1v) is 7.53. The number of rotatable bonds is 3. The molecule has 0 saturated heterocycles. The molecule has 0 aliphatic heterocycles. The van der Waals surface area contributed by atoms with Crippen molar-refractivity contribution in [2.45, 2.75) is 26.1 Å². The number of aromatic nitrogens is 3. The molecule has 0 bridgehead atoms. The Morgan fingerprint density at radius 2 is 1.88 bits per heavy atom. The number of nitrogens with zero attached hydrogens (tertiary/aromatic N) is 3. The van der Waals surface area contributed by atoms with Gasteiger partial charge < -0.3 is 5.73 Å². The van der Waals surface area contributed by atoms with Crippen LogP contribution in [0.3, 0.4) is 0 Å². The maximum absolute atomic E-state index is 12.7. The molecule has 1 amide bonds. The van der Waals surface area contributed by atoms with E-state index >= 15 is 0 Å². The van der Waals surface area contributed by atoms with Gasteiger partial charge in [-0.25, -0.2) is 0 Å². The summed E-state index contributed by atoms with van der Waals surface area (Å²) in [5.74, 6) is -0.630. The van der Waals surface area contributed by atoms with Crippen molar-refractivity contribution in [2.24, 2.45) is 5.73 Å². The highest BCUT2D eigenvalue weighted by atomic mass is 19.4. The highest BCUT2D eigenvalue weighted by Crippen LogP contribution is 2.31. The highest BCUT2D eigenvalue weighted by molar-refractivity contribution is 6.07. The van der Waals surface area contributed by atoms with E-state index in [1.165, 1.54) is 6.07 Å². The Hall–Kier alpha value is -2.90. The summed E-state index contributed by atoms with van der Waals surface area (Å²) in [6, 6.07) is 5.57. The number of hydrogen-bond acceptors (Lipinski definition) is 3. The van der Waals surface area contributed by atoms with Gasteiger partial charge >= 0.3 is 6.18 Å². The number of amides is 1. The van der Waals surface area contributed by atoms with Crippen molar-refractivity contribution in [1.29, 1.82) is 0 Å². The predicted molar refractivity (Wildman–Crippen MR) is 86.9 cm³/mol. The lowest BCUT2D eigenvalue weighted by Crippen LogP contribution is -2.12. The number of fused-ring (bicyclic) bond motifs is 1. The van der Waals surface area contributed by atoms with Crippen LogP contribution in [0.1, 0.15) is 35.9 Å². The molecule has 0 spiro atoms. The third-order valence-corrected chi connectivity index (χ3v) is 3.86. The van der Waals surface area contributed by atoms with E-state index in [-0.39, 0.29) is 11.6 Å². The number of carbonyl (C=O) groups excluding carboxylic acids is 1. The van der Waals surface area contributed by atoms with Crippen LogP contribution < -0.4 is 5.73 Å². The molecule has 8 heteroatoms. The Kier molecular flexibility index (Phi) is 3.98. The summed E-state index contributed by atoms with van der Waals surface area (Å²) in [5.41, 5.74) is 6.42. The van der Waals surface area contributed by atoms with Gasteiger partial charge in [-0.1, -0.05) is 6.07 Å². The van der Waals surface area contributed by atoms with E-state index in [2.05, 4.69) is 10.1 Å². The van der Waals surface area contributed by atoms with Crippen LogP contribution in [0.4, 0.5) is 13.2 Å². The predicted octanol–water partition coefficient (Wildman–Crippen LogP) is 3.80. The Bertz CT molecular complexity index is 943. The summed E-state index contributed by atoms with van der Waals surface area (Å²) in [6.07, 6.45) is -1.81. The van der Waals surface area contributed by atoms with E-state index < -0.39 is 17.8 Å². The largest absolute Gasteiger partial charge is 0.433 e. The van der Waals surface area contributed by atoms with E-state index in [0.717, 1.165) is 12.3 Å². The van der Waals surface area contributed by atoms with Crippen LogP contribution in [-0.2, 0) is 6.18 Å². The standard InChI is InChI=1S/C17H15F3N4O/c1-9(2)24-14-6-11(5-12(16(21)25)13(14)8-23-24)10-3-4-15(22-7-10)17(18,19)20/h3-9H,1-2H3,(H2,21,25). The molecule has 0 aliphatic rings. The van der Waals surface area contributed by atoms with Gasteiger partial charge in [0.1, 0.15) is 5.69 Å². The first kappa shape index (κ1) is 16.9. The normalized spacial score (nSPS) is 12.1. The van der Waals surface area contributed by atoms with E-state index in [9.17, 15) is 18.0 Å². The van der Waals surface area contributed by atoms with Crippen LogP contribution in [0.5, 0.6) is 0 Å². The lowest BCUT2D eigenvalue weighted by molar-refractivity contribution is -0.141. The topological polar surface area (TPSA) is 73.8 Å². The summed E-state index contributed by atoms with van der Waals surface area (Å²) in [4.78, 5) is 15.2. The number of hydrogen-bond donors (Lipinski definition) is 1. The van der Waals surface area contributed by atoms with Crippen LogP contribution in [0.25, 0.3) is 22.0 Å². The van der Waals surface area contributed by atoms with Crippen molar-refractivity contribution < 1.29 is 18.0 Å². The molecule has 0 radical (unpaired) electrons.